The van der Waals surface area contributed by atoms with Crippen LogP contribution in [0.25, 0.3) is 0 Å². The molecule has 0 atom stereocenters. The summed E-state index contributed by atoms with van der Waals surface area (Å²) in [5, 5.41) is 0. The topological polar surface area (TPSA) is 0 Å². The second-order valence-electron chi connectivity index (χ2n) is 2.17. The van der Waals surface area contributed by atoms with Crippen LogP contribution < -0.4 is 0 Å². The molecule has 0 rings (SSSR count). The fraction of sp³-hybridized carbons (Fsp3) is 1.00. The molecule has 0 nitrogen and oxygen atoms in total. The first-order valence-corrected chi connectivity index (χ1v) is 2.66. The molecule has 0 aliphatic rings. The summed E-state index contributed by atoms with van der Waals surface area (Å²) in [5.41, 5.74) is 0. The average Bonchev–Trinajstić information content (AvgIpc) is 0.722. The predicted octanol–water partition coefficient (Wildman–Crippen LogP) is 1.37. The summed E-state index contributed by atoms with van der Waals surface area (Å²) in [7, 11) is 0. The van der Waals surface area contributed by atoms with Crippen LogP contribution >= 0.6 is 0 Å². The van der Waals surface area contributed by atoms with E-state index in [1.165, 1.54) is 0 Å². The molecule has 0 aliphatic carbocycles. The third kappa shape index (κ3) is 95.7. The van der Waals surface area contributed by atoms with Crippen molar-refractivity contribution in [1.29, 1.82) is 0 Å². The van der Waals surface area contributed by atoms with E-state index in [1.54, 1.807) is 0 Å². The zero-order valence-electron chi connectivity index (χ0n) is 3.95. The first-order chi connectivity index (χ1) is 2.00. The zero-order valence-corrected chi connectivity index (χ0v) is 5.82. The molecule has 0 saturated carbocycles. The molecule has 0 aromatic rings. The van der Waals surface area contributed by atoms with Gasteiger partial charge in [0.05, 0.1) is 0 Å². The first kappa shape index (κ1) is 5.56. The maximum atomic E-state index is 2.58. The van der Waals surface area contributed by atoms with Gasteiger partial charge in [-0.15, -0.1) is 0 Å². The third-order valence-corrected chi connectivity index (χ3v) is 0. The zero-order chi connectivity index (χ0) is 4.50. The molecule has 0 spiro atoms. The van der Waals surface area contributed by atoms with Crippen molar-refractivity contribution in [2.45, 2.75) is 25.0 Å². The van der Waals surface area contributed by atoms with Crippen LogP contribution in [-0.4, -0.2) is 16.9 Å². The van der Waals surface area contributed by atoms with Crippen molar-refractivity contribution >= 4 is 16.9 Å². The molecule has 0 heterocycles. The monoisotopic (exact) mass is 132 g/mol. The van der Waals surface area contributed by atoms with E-state index in [0.29, 0.717) is 4.20 Å². The van der Waals surface area contributed by atoms with Crippen LogP contribution in [0.4, 0.5) is 0 Å². The van der Waals surface area contributed by atoms with Gasteiger partial charge in [0, 0.05) is 0 Å². The summed E-state index contributed by atoms with van der Waals surface area (Å²) >= 11 is 2.58. The standard InChI is InChI=1S/C4H9As/c1-4(2,3)5/h1-3H3/q+1. The molecule has 0 amide bonds. The van der Waals surface area contributed by atoms with E-state index >= 15 is 0 Å². The van der Waals surface area contributed by atoms with Crippen molar-refractivity contribution in [1.82, 2.24) is 0 Å². The fourth-order valence-corrected chi connectivity index (χ4v) is 0. The Balaban J connectivity index is 3.02. The first-order valence-electron chi connectivity index (χ1n) is 1.72. The van der Waals surface area contributed by atoms with Gasteiger partial charge in [-0.25, -0.2) is 0 Å². The van der Waals surface area contributed by atoms with Crippen molar-refractivity contribution in [2.24, 2.45) is 0 Å². The fourth-order valence-electron chi connectivity index (χ4n) is 0. The third-order valence-electron chi connectivity index (χ3n) is 0. The molecule has 0 aromatic heterocycles. The minimum absolute atomic E-state index is 0.438. The van der Waals surface area contributed by atoms with Crippen molar-refractivity contribution < 1.29 is 0 Å². The molecule has 0 unspecified atom stereocenters. The van der Waals surface area contributed by atoms with Gasteiger partial charge in [0.1, 0.15) is 0 Å². The summed E-state index contributed by atoms with van der Waals surface area (Å²) in [6, 6.07) is 0. The van der Waals surface area contributed by atoms with Gasteiger partial charge >= 0.3 is 41.8 Å². The van der Waals surface area contributed by atoms with Crippen molar-refractivity contribution in [3.05, 3.63) is 0 Å². The molecular formula is C4H9As+. The number of rotatable bonds is 0. The van der Waals surface area contributed by atoms with E-state index < -0.39 is 0 Å². The average molecular weight is 132 g/mol. The van der Waals surface area contributed by atoms with Crippen molar-refractivity contribution in [3.63, 3.8) is 0 Å². The van der Waals surface area contributed by atoms with E-state index in [1.807, 2.05) is 0 Å². The maximum absolute atomic E-state index is 2.58. The van der Waals surface area contributed by atoms with E-state index in [-0.39, 0.29) is 0 Å². The van der Waals surface area contributed by atoms with Gasteiger partial charge in [-0.1, -0.05) is 0 Å². The van der Waals surface area contributed by atoms with Gasteiger partial charge in [-0.2, -0.15) is 0 Å². The second-order valence-corrected chi connectivity index (χ2v) is 4.99. The quantitative estimate of drug-likeness (QED) is 0.436. The molecule has 0 bridgehead atoms. The summed E-state index contributed by atoms with van der Waals surface area (Å²) in [6.45, 7) is 6.48. The van der Waals surface area contributed by atoms with Crippen molar-refractivity contribution in [2.75, 3.05) is 0 Å². The Morgan fingerprint density at radius 2 is 1.20 bits per heavy atom. The Morgan fingerprint density at radius 1 is 1.20 bits per heavy atom. The van der Waals surface area contributed by atoms with Crippen LogP contribution in [0.15, 0.2) is 0 Å². The Labute approximate surface area is 42.5 Å². The number of hydrogen-bond acceptors (Lipinski definition) is 0. The Bertz CT molecular complexity index is 19.1. The van der Waals surface area contributed by atoms with Crippen LogP contribution in [0.3, 0.4) is 0 Å². The molecular weight excluding hydrogens is 123 g/mol. The van der Waals surface area contributed by atoms with Crippen molar-refractivity contribution in [3.8, 4) is 0 Å². The molecule has 0 fully saturated rings. The van der Waals surface area contributed by atoms with Gasteiger partial charge in [0.25, 0.3) is 0 Å². The predicted molar refractivity (Wildman–Crippen MR) is 25.5 cm³/mol. The van der Waals surface area contributed by atoms with Crippen LogP contribution in [0, 0.1) is 0 Å². The van der Waals surface area contributed by atoms with Gasteiger partial charge in [0.2, 0.25) is 0 Å². The van der Waals surface area contributed by atoms with E-state index in [0.717, 1.165) is 0 Å². The van der Waals surface area contributed by atoms with E-state index in [9.17, 15) is 0 Å². The van der Waals surface area contributed by atoms with Gasteiger partial charge in [-0.05, 0) is 0 Å². The Morgan fingerprint density at radius 3 is 1.20 bits per heavy atom. The molecule has 0 aliphatic heterocycles. The van der Waals surface area contributed by atoms with Crippen LogP contribution in [-0.2, 0) is 0 Å². The molecule has 3 radical (unpaired) electrons. The van der Waals surface area contributed by atoms with Gasteiger partial charge < -0.3 is 0 Å². The van der Waals surface area contributed by atoms with E-state index in [4.69, 9.17) is 0 Å². The van der Waals surface area contributed by atoms with E-state index in [2.05, 4.69) is 37.6 Å². The summed E-state index contributed by atoms with van der Waals surface area (Å²) in [6.07, 6.45) is 0. The van der Waals surface area contributed by atoms with Gasteiger partial charge in [-0.3, -0.25) is 0 Å². The second kappa shape index (κ2) is 1.34. The molecule has 0 aromatic carbocycles. The molecule has 0 saturated heterocycles. The van der Waals surface area contributed by atoms with Crippen LogP contribution in [0.5, 0.6) is 0 Å². The van der Waals surface area contributed by atoms with Gasteiger partial charge in [0.15, 0.2) is 0 Å². The number of hydrogen-bond donors (Lipinski definition) is 0. The van der Waals surface area contributed by atoms with Crippen LogP contribution in [0.1, 0.15) is 20.8 Å². The SMILES string of the molecule is CC(C)(C)[As+]. The summed E-state index contributed by atoms with van der Waals surface area (Å²) < 4.78 is 0.438. The Hall–Kier alpha value is 0.558. The molecule has 5 heavy (non-hydrogen) atoms. The summed E-state index contributed by atoms with van der Waals surface area (Å²) in [5.74, 6) is 0. The molecule has 0 N–H and O–H groups in total. The van der Waals surface area contributed by atoms with Crippen LogP contribution in [0.2, 0.25) is 4.20 Å². The molecule has 1 heteroatoms. The minimum atomic E-state index is 0.438. The molecule has 29 valence electrons. The summed E-state index contributed by atoms with van der Waals surface area (Å²) in [4.78, 5) is 0. The Kier molecular flexibility index (Phi) is 1.49. The normalized spacial score (nSPS) is 12.0.